The van der Waals surface area contributed by atoms with Gasteiger partial charge in [-0.1, -0.05) is 0 Å². The number of nitrogens with two attached hydrogens (primary N) is 1. The van der Waals surface area contributed by atoms with Crippen LogP contribution in [0.5, 0.6) is 0 Å². The number of hydrogen-bond acceptors (Lipinski definition) is 2. The standard InChI is InChI=1S/C14H17F3N2O/c1-19(8-9-6-12(18)7-9)13(20)10-2-4-11(5-3-10)14(15,16)17/h2-5,9,12H,6-8,18H2,1H3. The van der Waals surface area contributed by atoms with E-state index >= 15 is 0 Å². The molecule has 1 aliphatic carbocycles. The summed E-state index contributed by atoms with van der Waals surface area (Å²) in [5.41, 5.74) is 5.20. The van der Waals surface area contributed by atoms with Crippen molar-refractivity contribution in [3.05, 3.63) is 35.4 Å². The number of benzene rings is 1. The summed E-state index contributed by atoms with van der Waals surface area (Å²) in [5.74, 6) is 0.132. The first kappa shape index (κ1) is 14.8. The molecule has 0 unspecified atom stereocenters. The highest BCUT2D eigenvalue weighted by Gasteiger charge is 2.31. The Kier molecular flexibility index (Phi) is 4.04. The highest BCUT2D eigenvalue weighted by Crippen LogP contribution is 2.29. The smallest absolute Gasteiger partial charge is 0.341 e. The Morgan fingerprint density at radius 2 is 1.85 bits per heavy atom. The molecule has 0 bridgehead atoms. The van der Waals surface area contributed by atoms with E-state index in [1.54, 1.807) is 11.9 Å². The van der Waals surface area contributed by atoms with Crippen molar-refractivity contribution in [3.63, 3.8) is 0 Å². The number of rotatable bonds is 3. The van der Waals surface area contributed by atoms with Gasteiger partial charge in [-0.3, -0.25) is 4.79 Å². The summed E-state index contributed by atoms with van der Waals surface area (Å²) in [6.07, 6.45) is -2.59. The molecule has 1 amide bonds. The van der Waals surface area contributed by atoms with Crippen molar-refractivity contribution in [3.8, 4) is 0 Å². The van der Waals surface area contributed by atoms with Crippen LogP contribution in [0.4, 0.5) is 13.2 Å². The minimum Gasteiger partial charge on any atom is -0.341 e. The van der Waals surface area contributed by atoms with Crippen molar-refractivity contribution in [2.24, 2.45) is 11.7 Å². The van der Waals surface area contributed by atoms with E-state index in [1.807, 2.05) is 0 Å². The van der Waals surface area contributed by atoms with Gasteiger partial charge in [-0.15, -0.1) is 0 Å². The molecule has 0 aromatic heterocycles. The zero-order chi connectivity index (χ0) is 14.9. The normalized spacial score (nSPS) is 22.2. The molecule has 0 atom stereocenters. The number of halogens is 3. The number of hydrogen-bond donors (Lipinski definition) is 1. The van der Waals surface area contributed by atoms with E-state index in [9.17, 15) is 18.0 Å². The summed E-state index contributed by atoms with van der Waals surface area (Å²) in [5, 5.41) is 0. The third-order valence-electron chi connectivity index (χ3n) is 3.61. The van der Waals surface area contributed by atoms with Crippen LogP contribution >= 0.6 is 0 Å². The summed E-state index contributed by atoms with van der Waals surface area (Å²) >= 11 is 0. The van der Waals surface area contributed by atoms with Crippen LogP contribution in [0.3, 0.4) is 0 Å². The Hall–Kier alpha value is -1.56. The topological polar surface area (TPSA) is 46.3 Å². The SMILES string of the molecule is CN(CC1CC(N)C1)C(=O)c1ccc(C(F)(F)F)cc1. The monoisotopic (exact) mass is 286 g/mol. The van der Waals surface area contributed by atoms with E-state index in [4.69, 9.17) is 5.73 Å². The van der Waals surface area contributed by atoms with Crippen LogP contribution in [0.2, 0.25) is 0 Å². The van der Waals surface area contributed by atoms with Crippen LogP contribution in [0.1, 0.15) is 28.8 Å². The Morgan fingerprint density at radius 3 is 2.30 bits per heavy atom. The maximum Gasteiger partial charge on any atom is 0.416 e. The molecule has 1 fully saturated rings. The fourth-order valence-electron chi connectivity index (χ4n) is 2.43. The maximum atomic E-state index is 12.4. The number of alkyl halides is 3. The van der Waals surface area contributed by atoms with E-state index in [0.29, 0.717) is 12.5 Å². The third kappa shape index (κ3) is 3.30. The number of nitrogens with zero attached hydrogens (tertiary/aromatic N) is 1. The Bertz CT molecular complexity index is 478. The predicted octanol–water partition coefficient (Wildman–Crippen LogP) is 2.51. The first-order valence-corrected chi connectivity index (χ1v) is 6.45. The molecule has 1 saturated carbocycles. The highest BCUT2D eigenvalue weighted by atomic mass is 19.4. The van der Waals surface area contributed by atoms with E-state index < -0.39 is 11.7 Å². The van der Waals surface area contributed by atoms with Crippen molar-refractivity contribution in [1.82, 2.24) is 4.90 Å². The predicted molar refractivity (Wildman–Crippen MR) is 69.1 cm³/mol. The zero-order valence-electron chi connectivity index (χ0n) is 11.2. The van der Waals surface area contributed by atoms with Gasteiger partial charge in [-0.05, 0) is 43.0 Å². The van der Waals surface area contributed by atoms with Crippen LogP contribution in [0.15, 0.2) is 24.3 Å². The lowest BCUT2D eigenvalue weighted by Gasteiger charge is -2.35. The van der Waals surface area contributed by atoms with Gasteiger partial charge in [0.1, 0.15) is 0 Å². The fourth-order valence-corrected chi connectivity index (χ4v) is 2.43. The third-order valence-corrected chi connectivity index (χ3v) is 3.61. The quantitative estimate of drug-likeness (QED) is 0.928. The molecule has 0 heterocycles. The van der Waals surface area contributed by atoms with Gasteiger partial charge >= 0.3 is 6.18 Å². The van der Waals surface area contributed by atoms with Gasteiger partial charge in [-0.2, -0.15) is 13.2 Å². The number of amides is 1. The first-order chi connectivity index (χ1) is 9.27. The maximum absolute atomic E-state index is 12.4. The molecule has 1 aliphatic rings. The van der Waals surface area contributed by atoms with Crippen molar-refractivity contribution in [2.75, 3.05) is 13.6 Å². The summed E-state index contributed by atoms with van der Waals surface area (Å²) in [7, 11) is 1.66. The second-order valence-electron chi connectivity index (χ2n) is 5.36. The molecule has 20 heavy (non-hydrogen) atoms. The fraction of sp³-hybridized carbons (Fsp3) is 0.500. The van der Waals surface area contributed by atoms with Crippen molar-refractivity contribution < 1.29 is 18.0 Å². The molecule has 6 heteroatoms. The summed E-state index contributed by atoms with van der Waals surface area (Å²) in [6, 6.07) is 4.51. The average Bonchev–Trinajstić information content (AvgIpc) is 2.35. The number of carbonyl (C=O) groups is 1. The molecule has 2 N–H and O–H groups in total. The molecule has 0 saturated heterocycles. The number of carbonyl (C=O) groups excluding carboxylic acids is 1. The van der Waals surface area contributed by atoms with E-state index in [1.165, 1.54) is 12.1 Å². The van der Waals surface area contributed by atoms with Gasteiger partial charge in [0.2, 0.25) is 0 Å². The van der Waals surface area contributed by atoms with Gasteiger partial charge in [0, 0.05) is 25.2 Å². The van der Waals surface area contributed by atoms with Gasteiger partial charge in [0.05, 0.1) is 5.56 Å². The van der Waals surface area contributed by atoms with Crippen molar-refractivity contribution in [2.45, 2.75) is 25.1 Å². The van der Waals surface area contributed by atoms with Gasteiger partial charge in [-0.25, -0.2) is 0 Å². The summed E-state index contributed by atoms with van der Waals surface area (Å²) in [6.45, 7) is 0.591. The molecule has 110 valence electrons. The van der Waals surface area contributed by atoms with Crippen molar-refractivity contribution in [1.29, 1.82) is 0 Å². The van der Waals surface area contributed by atoms with Crippen LogP contribution in [0, 0.1) is 5.92 Å². The van der Waals surface area contributed by atoms with Gasteiger partial charge in [0.25, 0.3) is 5.91 Å². The average molecular weight is 286 g/mol. The Labute approximate surface area is 115 Å². The molecule has 2 rings (SSSR count). The lowest BCUT2D eigenvalue weighted by Crippen LogP contribution is -2.43. The molecule has 1 aromatic carbocycles. The lowest BCUT2D eigenvalue weighted by molar-refractivity contribution is -0.137. The Morgan fingerprint density at radius 1 is 1.30 bits per heavy atom. The zero-order valence-corrected chi connectivity index (χ0v) is 11.2. The molecule has 0 radical (unpaired) electrons. The van der Waals surface area contributed by atoms with E-state index in [2.05, 4.69) is 0 Å². The second-order valence-corrected chi connectivity index (χ2v) is 5.36. The van der Waals surface area contributed by atoms with E-state index in [0.717, 1.165) is 25.0 Å². The van der Waals surface area contributed by atoms with E-state index in [-0.39, 0.29) is 17.5 Å². The van der Waals surface area contributed by atoms with Gasteiger partial charge < -0.3 is 10.6 Å². The van der Waals surface area contributed by atoms with Crippen LogP contribution in [-0.2, 0) is 6.18 Å². The largest absolute Gasteiger partial charge is 0.416 e. The lowest BCUT2D eigenvalue weighted by atomic mass is 9.80. The molecular weight excluding hydrogens is 269 g/mol. The van der Waals surface area contributed by atoms with Gasteiger partial charge in [0.15, 0.2) is 0 Å². The first-order valence-electron chi connectivity index (χ1n) is 6.45. The molecule has 0 spiro atoms. The highest BCUT2D eigenvalue weighted by molar-refractivity contribution is 5.94. The minimum absolute atomic E-state index is 0.217. The van der Waals surface area contributed by atoms with Crippen molar-refractivity contribution >= 4 is 5.91 Å². The minimum atomic E-state index is -4.38. The summed E-state index contributed by atoms with van der Waals surface area (Å²) in [4.78, 5) is 13.6. The molecule has 1 aromatic rings. The summed E-state index contributed by atoms with van der Waals surface area (Å²) < 4.78 is 37.3. The molecule has 3 nitrogen and oxygen atoms in total. The van der Waals surface area contributed by atoms with Crippen LogP contribution in [-0.4, -0.2) is 30.4 Å². The Balaban J connectivity index is 1.98. The molecule has 0 aliphatic heterocycles. The van der Waals surface area contributed by atoms with Crippen LogP contribution in [0.25, 0.3) is 0 Å². The second kappa shape index (κ2) is 5.44. The van der Waals surface area contributed by atoms with Crippen LogP contribution < -0.4 is 5.73 Å². The molecular formula is C14H17F3N2O.